The van der Waals surface area contributed by atoms with Crippen LogP contribution in [0.1, 0.15) is 48.4 Å². The average molecular weight is 316 g/mol. The van der Waals surface area contributed by atoms with Gasteiger partial charge in [0.15, 0.2) is 0 Å². The van der Waals surface area contributed by atoms with Gasteiger partial charge in [-0.25, -0.2) is 4.68 Å². The molecule has 0 radical (unpaired) electrons. The number of hydrogen-bond donors (Lipinski definition) is 0. The van der Waals surface area contributed by atoms with E-state index in [0.29, 0.717) is 25.3 Å². The summed E-state index contributed by atoms with van der Waals surface area (Å²) in [6, 6.07) is 0.283. The summed E-state index contributed by atoms with van der Waals surface area (Å²) in [6.45, 7) is 5.91. The van der Waals surface area contributed by atoms with Crippen molar-refractivity contribution in [3.05, 3.63) is 29.8 Å². The zero-order valence-corrected chi connectivity index (χ0v) is 13.3. The first-order chi connectivity index (χ1) is 11.1. The number of carbonyl (C=O) groups is 1. The Kier molecular flexibility index (Phi) is 3.41. The Morgan fingerprint density at radius 2 is 2.26 bits per heavy atom. The van der Waals surface area contributed by atoms with E-state index >= 15 is 0 Å². The third kappa shape index (κ3) is 2.42. The monoisotopic (exact) mass is 316 g/mol. The van der Waals surface area contributed by atoms with E-state index in [0.717, 1.165) is 12.1 Å². The highest BCUT2D eigenvalue weighted by Crippen LogP contribution is 2.30. The predicted molar refractivity (Wildman–Crippen MR) is 80.8 cm³/mol. The molecule has 2 atom stereocenters. The van der Waals surface area contributed by atoms with Gasteiger partial charge in [-0.2, -0.15) is 5.10 Å². The fourth-order valence-corrected chi connectivity index (χ4v) is 3.28. The van der Waals surface area contributed by atoms with Crippen LogP contribution in [0.4, 0.5) is 0 Å². The largest absolute Gasteiger partial charge is 0.370 e. The Hall–Kier alpha value is -2.22. The van der Waals surface area contributed by atoms with Crippen molar-refractivity contribution in [3.8, 4) is 0 Å². The van der Waals surface area contributed by atoms with Gasteiger partial charge in [-0.3, -0.25) is 9.48 Å². The minimum atomic E-state index is 0.0163. The van der Waals surface area contributed by atoms with Gasteiger partial charge in [0.2, 0.25) is 0 Å². The lowest BCUT2D eigenvalue weighted by molar-refractivity contribution is -0.0605. The minimum absolute atomic E-state index is 0.0163. The van der Waals surface area contributed by atoms with Crippen LogP contribution in [0.15, 0.2) is 18.6 Å². The smallest absolute Gasteiger partial charge is 0.257 e. The summed E-state index contributed by atoms with van der Waals surface area (Å²) in [4.78, 5) is 14.6. The summed E-state index contributed by atoms with van der Waals surface area (Å²) in [5, 5.41) is 12.4. The summed E-state index contributed by atoms with van der Waals surface area (Å²) in [5.41, 5.74) is 1.60. The summed E-state index contributed by atoms with van der Waals surface area (Å²) in [7, 11) is 0. The fraction of sp³-hybridized carbons (Fsp3) is 0.600. The van der Waals surface area contributed by atoms with Crippen molar-refractivity contribution < 1.29 is 9.53 Å². The van der Waals surface area contributed by atoms with Gasteiger partial charge in [-0.15, -0.1) is 5.10 Å². The number of fused-ring (bicyclic) bond motifs is 3. The van der Waals surface area contributed by atoms with Crippen LogP contribution in [-0.2, 0) is 11.3 Å². The normalized spacial score (nSPS) is 23.7. The number of hydrogen-bond acceptors (Lipinski definition) is 5. The SMILES string of the molecule is CC(C)n1cc(C(=O)N2CC[C@@H]3OCc4cnnn4[C@H]3C2)cn1. The van der Waals surface area contributed by atoms with Gasteiger partial charge >= 0.3 is 0 Å². The van der Waals surface area contributed by atoms with Crippen molar-refractivity contribution >= 4 is 5.91 Å². The molecule has 23 heavy (non-hydrogen) atoms. The molecular formula is C15H20N6O2. The Labute approximate surface area is 134 Å². The van der Waals surface area contributed by atoms with E-state index in [1.807, 2.05) is 29.6 Å². The molecule has 0 aromatic carbocycles. The molecule has 1 saturated heterocycles. The average Bonchev–Trinajstić information content (AvgIpc) is 3.22. The summed E-state index contributed by atoms with van der Waals surface area (Å²) in [5.74, 6) is 0.0163. The van der Waals surface area contributed by atoms with Gasteiger partial charge in [0.05, 0.1) is 42.4 Å². The maximum Gasteiger partial charge on any atom is 0.257 e. The molecule has 2 aliphatic rings. The lowest BCUT2D eigenvalue weighted by Gasteiger charge is -2.40. The molecule has 1 amide bonds. The van der Waals surface area contributed by atoms with Gasteiger partial charge in [0.1, 0.15) is 0 Å². The molecular weight excluding hydrogens is 296 g/mol. The van der Waals surface area contributed by atoms with E-state index in [1.54, 1.807) is 17.1 Å². The van der Waals surface area contributed by atoms with E-state index < -0.39 is 0 Å². The number of aromatic nitrogens is 5. The first-order valence-electron chi connectivity index (χ1n) is 7.97. The second kappa shape index (κ2) is 5.45. The molecule has 0 aliphatic carbocycles. The van der Waals surface area contributed by atoms with Gasteiger partial charge in [0.25, 0.3) is 5.91 Å². The number of amides is 1. The Morgan fingerprint density at radius 1 is 1.39 bits per heavy atom. The van der Waals surface area contributed by atoms with Gasteiger partial charge < -0.3 is 9.64 Å². The summed E-state index contributed by atoms with van der Waals surface area (Å²) < 4.78 is 9.59. The first-order valence-corrected chi connectivity index (χ1v) is 7.97. The maximum atomic E-state index is 12.7. The van der Waals surface area contributed by atoms with Crippen molar-refractivity contribution in [2.24, 2.45) is 0 Å². The quantitative estimate of drug-likeness (QED) is 0.827. The minimum Gasteiger partial charge on any atom is -0.370 e. The second-order valence-electron chi connectivity index (χ2n) is 6.43. The Morgan fingerprint density at radius 3 is 3.04 bits per heavy atom. The van der Waals surface area contributed by atoms with Gasteiger partial charge in [-0.1, -0.05) is 5.21 Å². The maximum absolute atomic E-state index is 12.7. The van der Waals surface area contributed by atoms with Crippen LogP contribution in [-0.4, -0.2) is 54.8 Å². The molecule has 2 aliphatic heterocycles. The number of rotatable bonds is 2. The van der Waals surface area contributed by atoms with E-state index in [1.165, 1.54) is 0 Å². The Balaban J connectivity index is 1.54. The Bertz CT molecular complexity index is 721. The number of piperidine rings is 1. The predicted octanol–water partition coefficient (Wildman–Crippen LogP) is 1.04. The molecule has 2 aromatic rings. The van der Waals surface area contributed by atoms with Crippen LogP contribution in [0.5, 0.6) is 0 Å². The van der Waals surface area contributed by atoms with E-state index in [-0.39, 0.29) is 24.1 Å². The molecule has 0 saturated carbocycles. The first kappa shape index (κ1) is 14.4. The van der Waals surface area contributed by atoms with Crippen molar-refractivity contribution in [3.63, 3.8) is 0 Å². The van der Waals surface area contributed by atoms with Crippen LogP contribution >= 0.6 is 0 Å². The van der Waals surface area contributed by atoms with Crippen molar-refractivity contribution in [2.75, 3.05) is 13.1 Å². The van der Waals surface area contributed by atoms with Crippen molar-refractivity contribution in [1.82, 2.24) is 29.7 Å². The molecule has 1 fully saturated rings. The highest BCUT2D eigenvalue weighted by Gasteiger charge is 2.38. The molecule has 4 rings (SSSR count). The molecule has 0 spiro atoms. The molecule has 0 unspecified atom stereocenters. The lowest BCUT2D eigenvalue weighted by atomic mass is 10.00. The molecule has 2 aromatic heterocycles. The van der Waals surface area contributed by atoms with Crippen LogP contribution in [0, 0.1) is 0 Å². The molecule has 8 nitrogen and oxygen atoms in total. The third-order valence-electron chi connectivity index (χ3n) is 4.59. The zero-order valence-electron chi connectivity index (χ0n) is 13.3. The van der Waals surface area contributed by atoms with E-state index in [2.05, 4.69) is 15.4 Å². The molecule has 122 valence electrons. The topological polar surface area (TPSA) is 78.1 Å². The lowest BCUT2D eigenvalue weighted by Crippen LogP contribution is -2.49. The van der Waals surface area contributed by atoms with Crippen LogP contribution in [0.3, 0.4) is 0 Å². The van der Waals surface area contributed by atoms with Gasteiger partial charge in [-0.05, 0) is 20.3 Å². The van der Waals surface area contributed by atoms with Crippen LogP contribution < -0.4 is 0 Å². The molecule has 0 N–H and O–H groups in total. The number of ether oxygens (including phenoxy) is 1. The van der Waals surface area contributed by atoms with Crippen molar-refractivity contribution in [1.29, 1.82) is 0 Å². The molecule has 8 heteroatoms. The fourth-order valence-electron chi connectivity index (χ4n) is 3.28. The second-order valence-corrected chi connectivity index (χ2v) is 6.43. The van der Waals surface area contributed by atoms with Crippen LogP contribution in [0.2, 0.25) is 0 Å². The third-order valence-corrected chi connectivity index (χ3v) is 4.59. The van der Waals surface area contributed by atoms with Crippen LogP contribution in [0.25, 0.3) is 0 Å². The van der Waals surface area contributed by atoms with E-state index in [9.17, 15) is 4.79 Å². The highest BCUT2D eigenvalue weighted by molar-refractivity contribution is 5.93. The van der Waals surface area contributed by atoms with E-state index in [4.69, 9.17) is 4.74 Å². The number of nitrogens with zero attached hydrogens (tertiary/aromatic N) is 6. The number of carbonyl (C=O) groups excluding carboxylic acids is 1. The highest BCUT2D eigenvalue weighted by atomic mass is 16.5. The van der Waals surface area contributed by atoms with Crippen molar-refractivity contribution in [2.45, 2.75) is 45.1 Å². The molecule has 0 bridgehead atoms. The zero-order chi connectivity index (χ0) is 16.0. The standard InChI is InChI=1S/C15H20N6O2/c1-10(2)20-7-11(5-17-20)15(22)19-4-3-14-13(8-19)21-12(9-23-14)6-16-18-21/h5-7,10,13-14H,3-4,8-9H2,1-2H3/t13-,14-/m0/s1. The number of likely N-dealkylation sites (tertiary alicyclic amines) is 1. The molecule has 4 heterocycles. The summed E-state index contributed by atoms with van der Waals surface area (Å²) >= 11 is 0. The summed E-state index contributed by atoms with van der Waals surface area (Å²) in [6.07, 6.45) is 6.11. The van der Waals surface area contributed by atoms with Gasteiger partial charge in [0, 0.05) is 25.3 Å².